The Hall–Kier alpha value is -2.66. The van der Waals surface area contributed by atoms with Crippen molar-refractivity contribution in [2.45, 2.75) is 48.3 Å². The highest BCUT2D eigenvalue weighted by Crippen LogP contribution is 2.65. The zero-order valence-electron chi connectivity index (χ0n) is 25.3. The average molecular weight is 609 g/mol. The zero-order chi connectivity index (χ0) is 30.2. The van der Waals surface area contributed by atoms with Crippen molar-refractivity contribution in [2.75, 3.05) is 65.6 Å². The van der Waals surface area contributed by atoms with Crippen LogP contribution in [0.25, 0.3) is 0 Å². The Morgan fingerprint density at radius 1 is 0.930 bits per heavy atom. The number of fused-ring (bicyclic) bond motifs is 2. The molecule has 9 nitrogen and oxygen atoms in total. The predicted octanol–water partition coefficient (Wildman–Crippen LogP) is 1.82. The van der Waals surface area contributed by atoms with E-state index in [1.54, 1.807) is 16.7 Å². The first kappa shape index (κ1) is 30.4. The number of rotatable bonds is 9. The third-order valence-electron chi connectivity index (χ3n) is 9.86. The fourth-order valence-corrected chi connectivity index (χ4v) is 9.99. The maximum absolute atomic E-state index is 14.8. The number of hydrogen-bond donors (Lipinski definition) is 1. The van der Waals surface area contributed by atoms with Crippen molar-refractivity contribution in [3.63, 3.8) is 0 Å². The van der Waals surface area contributed by atoms with E-state index in [1.807, 2.05) is 46.2 Å². The number of benzene rings is 1. The van der Waals surface area contributed by atoms with Crippen LogP contribution >= 0.6 is 11.8 Å². The molecule has 1 unspecified atom stereocenters. The van der Waals surface area contributed by atoms with Gasteiger partial charge in [-0.1, -0.05) is 61.6 Å². The minimum absolute atomic E-state index is 0.0180. The smallest absolute Gasteiger partial charge is 0.247 e. The maximum atomic E-state index is 14.8. The van der Waals surface area contributed by atoms with Gasteiger partial charge in [-0.05, 0) is 25.3 Å². The van der Waals surface area contributed by atoms with Gasteiger partial charge >= 0.3 is 0 Å². The molecule has 5 aliphatic rings. The highest BCUT2D eigenvalue weighted by Gasteiger charge is 2.74. The Labute approximate surface area is 258 Å². The van der Waals surface area contributed by atoms with E-state index in [2.05, 4.69) is 37.0 Å². The largest absolute Gasteiger partial charge is 0.394 e. The summed E-state index contributed by atoms with van der Waals surface area (Å²) in [5, 5.41) is 10.8. The van der Waals surface area contributed by atoms with Gasteiger partial charge in [0.05, 0.1) is 42.4 Å². The minimum Gasteiger partial charge on any atom is -0.394 e. The van der Waals surface area contributed by atoms with Gasteiger partial charge in [-0.25, -0.2) is 0 Å². The van der Waals surface area contributed by atoms with E-state index in [9.17, 15) is 19.5 Å². The third-order valence-corrected chi connectivity index (χ3v) is 11.7. The molecule has 232 valence electrons. The molecule has 5 heterocycles. The quantitative estimate of drug-likeness (QED) is 0.428. The minimum atomic E-state index is -0.916. The zero-order valence-corrected chi connectivity index (χ0v) is 26.1. The van der Waals surface area contributed by atoms with Crippen molar-refractivity contribution >= 4 is 29.5 Å². The van der Waals surface area contributed by atoms with Crippen molar-refractivity contribution in [3.8, 4) is 0 Å². The second kappa shape index (κ2) is 12.4. The number of carbonyl (C=O) groups excluding carboxylic acids is 3. The van der Waals surface area contributed by atoms with Gasteiger partial charge in [-0.15, -0.1) is 11.8 Å². The fraction of sp³-hybridized carbons (Fsp3) is 0.606. The summed E-state index contributed by atoms with van der Waals surface area (Å²) in [4.78, 5) is 51.5. The molecule has 1 spiro atoms. The number of thioether (sulfide) groups is 1. The van der Waals surface area contributed by atoms with Gasteiger partial charge in [0.2, 0.25) is 17.7 Å². The van der Waals surface area contributed by atoms with Gasteiger partial charge in [-0.2, -0.15) is 0 Å². The van der Waals surface area contributed by atoms with Crippen molar-refractivity contribution in [1.29, 1.82) is 0 Å². The van der Waals surface area contributed by atoms with Crippen molar-refractivity contribution in [2.24, 2.45) is 11.8 Å². The van der Waals surface area contributed by atoms with Crippen LogP contribution in [0.5, 0.6) is 0 Å². The Kier molecular flexibility index (Phi) is 8.75. The molecule has 0 aliphatic carbocycles. The lowest BCUT2D eigenvalue weighted by atomic mass is 9.74. The lowest BCUT2D eigenvalue weighted by Gasteiger charge is -2.40. The van der Waals surface area contributed by atoms with Crippen LogP contribution in [0.3, 0.4) is 0 Å². The van der Waals surface area contributed by atoms with E-state index in [-0.39, 0.29) is 24.3 Å². The molecule has 10 heteroatoms. The predicted molar refractivity (Wildman–Crippen MR) is 166 cm³/mol. The van der Waals surface area contributed by atoms with Crippen LogP contribution in [0.2, 0.25) is 0 Å². The summed E-state index contributed by atoms with van der Waals surface area (Å²) in [6.45, 7) is 9.76. The number of hydrogen-bond acceptors (Lipinski definition) is 7. The van der Waals surface area contributed by atoms with E-state index in [1.165, 1.54) is 0 Å². The molecule has 3 saturated heterocycles. The molecule has 3 fully saturated rings. The summed E-state index contributed by atoms with van der Waals surface area (Å²) in [5.41, 5.74) is 0.987. The number of aliphatic hydroxyl groups excluding tert-OH is 1. The van der Waals surface area contributed by atoms with E-state index >= 15 is 0 Å². The molecule has 3 amide bonds. The normalized spacial score (nSPS) is 33.3. The number of aliphatic hydroxyl groups is 1. The lowest BCUT2D eigenvalue weighted by Crippen LogP contribution is -2.58. The molecule has 43 heavy (non-hydrogen) atoms. The Morgan fingerprint density at radius 2 is 1.63 bits per heavy atom. The molecular formula is C33H44N4O5S. The SMILES string of the molecule is CCCN1CC=C[C@]2(C)S[C@]34C=CCN(CCN5CCOCC5)C(=O)C3N([C@@H](CO)Cc3ccccc3)C(=O)[C@@H]4[C@@H]2C1=O. The highest BCUT2D eigenvalue weighted by atomic mass is 32.2. The number of ether oxygens (including phenoxy) is 1. The summed E-state index contributed by atoms with van der Waals surface area (Å²) >= 11 is 1.60. The molecule has 0 aromatic heterocycles. The van der Waals surface area contributed by atoms with Gasteiger partial charge in [0.1, 0.15) is 6.04 Å². The van der Waals surface area contributed by atoms with Crippen LogP contribution in [0.15, 0.2) is 54.6 Å². The van der Waals surface area contributed by atoms with Crippen LogP contribution in [-0.4, -0.2) is 130 Å². The molecule has 6 atom stereocenters. The van der Waals surface area contributed by atoms with Gasteiger partial charge in [0.15, 0.2) is 0 Å². The van der Waals surface area contributed by atoms with Crippen molar-refractivity contribution in [1.82, 2.24) is 19.6 Å². The van der Waals surface area contributed by atoms with Gasteiger partial charge in [0, 0.05) is 50.6 Å². The fourth-order valence-electron chi connectivity index (χ4n) is 7.85. The van der Waals surface area contributed by atoms with E-state index in [4.69, 9.17) is 4.74 Å². The maximum Gasteiger partial charge on any atom is 0.247 e. The Bertz CT molecular complexity index is 1270. The Balaban J connectivity index is 1.40. The van der Waals surface area contributed by atoms with E-state index < -0.39 is 33.4 Å². The lowest BCUT2D eigenvalue weighted by molar-refractivity contribution is -0.147. The van der Waals surface area contributed by atoms with E-state index in [0.29, 0.717) is 45.8 Å². The number of carbonyl (C=O) groups is 3. The second-order valence-corrected chi connectivity index (χ2v) is 14.4. The summed E-state index contributed by atoms with van der Waals surface area (Å²) in [7, 11) is 0. The Morgan fingerprint density at radius 3 is 2.33 bits per heavy atom. The molecular weight excluding hydrogens is 564 g/mol. The van der Waals surface area contributed by atoms with Crippen LogP contribution in [-0.2, 0) is 25.5 Å². The molecule has 1 aromatic rings. The highest BCUT2D eigenvalue weighted by molar-refractivity contribution is 8.02. The van der Waals surface area contributed by atoms with Gasteiger partial charge < -0.3 is 24.5 Å². The average Bonchev–Trinajstić information content (AvgIpc) is 3.30. The monoisotopic (exact) mass is 608 g/mol. The molecule has 0 saturated carbocycles. The molecule has 1 aromatic carbocycles. The van der Waals surface area contributed by atoms with E-state index in [0.717, 1.165) is 31.6 Å². The van der Waals surface area contributed by atoms with Crippen LogP contribution in [0.4, 0.5) is 0 Å². The standard InChI is InChI=1S/C33H44N4O5S/c1-3-13-35-14-7-11-32(2)26(29(35)39)27-30(40)37(25(23-38)22-24-9-5-4-6-10-24)28-31(41)36(15-8-12-33(27,28)43-32)17-16-34-18-20-42-21-19-34/h4-12,25-28,38H,3,13-23H2,1-2H3/t25-,26-,27+,28?,32+,33+/m1/s1. The van der Waals surface area contributed by atoms with Crippen LogP contribution in [0, 0.1) is 11.8 Å². The van der Waals surface area contributed by atoms with Crippen molar-refractivity contribution in [3.05, 3.63) is 60.2 Å². The summed E-state index contributed by atoms with van der Waals surface area (Å²) in [5.74, 6) is -1.62. The van der Waals surface area contributed by atoms with Crippen LogP contribution in [0.1, 0.15) is 25.8 Å². The number of nitrogens with zero attached hydrogens (tertiary/aromatic N) is 4. The molecule has 6 rings (SSSR count). The first-order valence-electron chi connectivity index (χ1n) is 15.7. The van der Waals surface area contributed by atoms with Gasteiger partial charge in [0.25, 0.3) is 0 Å². The third kappa shape index (κ3) is 5.34. The summed E-state index contributed by atoms with van der Waals surface area (Å²) in [6.07, 6.45) is 9.51. The summed E-state index contributed by atoms with van der Waals surface area (Å²) < 4.78 is 3.96. The molecule has 5 aliphatic heterocycles. The molecule has 1 N–H and O–H groups in total. The first-order valence-corrected chi connectivity index (χ1v) is 16.5. The van der Waals surface area contributed by atoms with Crippen molar-refractivity contribution < 1.29 is 24.2 Å². The number of likely N-dealkylation sites (tertiary alicyclic amines) is 1. The second-order valence-electron chi connectivity index (χ2n) is 12.6. The van der Waals surface area contributed by atoms with Crippen LogP contribution < -0.4 is 0 Å². The first-order chi connectivity index (χ1) is 20.8. The number of amides is 3. The molecule has 0 radical (unpaired) electrons. The molecule has 0 bridgehead atoms. The number of morpholine rings is 1. The topological polar surface area (TPSA) is 93.6 Å². The van der Waals surface area contributed by atoms with Gasteiger partial charge in [-0.3, -0.25) is 19.3 Å². The summed E-state index contributed by atoms with van der Waals surface area (Å²) in [6, 6.07) is 8.39.